The Morgan fingerprint density at radius 2 is 2.08 bits per heavy atom. The van der Waals surface area contributed by atoms with E-state index < -0.39 is 0 Å². The van der Waals surface area contributed by atoms with E-state index in [4.69, 9.17) is 4.52 Å². The van der Waals surface area contributed by atoms with Crippen LogP contribution in [0.3, 0.4) is 0 Å². The average Bonchev–Trinajstić information content (AvgIpc) is 3.12. The van der Waals surface area contributed by atoms with Gasteiger partial charge in [0, 0.05) is 18.0 Å². The molecule has 0 saturated heterocycles. The molecule has 0 aromatic carbocycles. The Kier molecular flexibility index (Phi) is 4.94. The van der Waals surface area contributed by atoms with Gasteiger partial charge in [0.15, 0.2) is 0 Å². The Labute approximate surface area is 140 Å². The van der Waals surface area contributed by atoms with E-state index in [1.807, 2.05) is 37.4 Å². The van der Waals surface area contributed by atoms with Gasteiger partial charge >= 0.3 is 0 Å². The van der Waals surface area contributed by atoms with Gasteiger partial charge in [0.05, 0.1) is 6.04 Å². The molecule has 120 valence electrons. The summed E-state index contributed by atoms with van der Waals surface area (Å²) < 4.78 is 5.30. The Bertz CT molecular complexity index is 842. The molecule has 0 saturated carbocycles. The highest BCUT2D eigenvalue weighted by Gasteiger charge is 2.16. The van der Waals surface area contributed by atoms with Gasteiger partial charge in [-0.3, -0.25) is 4.98 Å². The van der Waals surface area contributed by atoms with E-state index in [9.17, 15) is 0 Å². The lowest BCUT2D eigenvalue weighted by Gasteiger charge is -2.06. The van der Waals surface area contributed by atoms with Gasteiger partial charge in [-0.25, -0.2) is 4.98 Å². The second-order valence-corrected chi connectivity index (χ2v) is 5.10. The molecule has 0 bridgehead atoms. The first kappa shape index (κ1) is 15.8. The van der Waals surface area contributed by atoms with Crippen molar-refractivity contribution >= 4 is 0 Å². The van der Waals surface area contributed by atoms with Crippen molar-refractivity contribution in [3.8, 4) is 23.4 Å². The summed E-state index contributed by atoms with van der Waals surface area (Å²) in [5.41, 5.74) is 2.18. The second-order valence-electron chi connectivity index (χ2n) is 5.10. The molecule has 0 amide bonds. The minimum absolute atomic E-state index is 0.0507. The minimum atomic E-state index is 0.0507. The van der Waals surface area contributed by atoms with Crippen LogP contribution in [0, 0.1) is 11.8 Å². The van der Waals surface area contributed by atoms with Crippen molar-refractivity contribution in [2.24, 2.45) is 0 Å². The third-order valence-electron chi connectivity index (χ3n) is 3.49. The molecule has 3 aromatic rings. The lowest BCUT2D eigenvalue weighted by Crippen LogP contribution is -2.15. The SMILES string of the molecule is CCC(NC)c1nc(-c2ccc(C#Cc3ccccn3)cn2)no1. The van der Waals surface area contributed by atoms with E-state index in [2.05, 4.69) is 44.2 Å². The van der Waals surface area contributed by atoms with Crippen LogP contribution in [0.2, 0.25) is 0 Å². The fourth-order valence-corrected chi connectivity index (χ4v) is 2.16. The van der Waals surface area contributed by atoms with E-state index in [1.54, 1.807) is 12.4 Å². The Balaban J connectivity index is 1.77. The Hall–Kier alpha value is -3.04. The highest BCUT2D eigenvalue weighted by Crippen LogP contribution is 2.18. The van der Waals surface area contributed by atoms with Gasteiger partial charge in [-0.2, -0.15) is 4.98 Å². The molecule has 1 atom stereocenters. The van der Waals surface area contributed by atoms with Crippen LogP contribution in [0.25, 0.3) is 11.5 Å². The molecule has 3 heterocycles. The van der Waals surface area contributed by atoms with Crippen LogP contribution in [0.15, 0.2) is 47.2 Å². The number of nitrogens with one attached hydrogen (secondary N) is 1. The fourth-order valence-electron chi connectivity index (χ4n) is 2.16. The molecule has 6 nitrogen and oxygen atoms in total. The largest absolute Gasteiger partial charge is 0.337 e. The van der Waals surface area contributed by atoms with E-state index in [-0.39, 0.29) is 6.04 Å². The number of hydrogen-bond donors (Lipinski definition) is 1. The third-order valence-corrected chi connectivity index (χ3v) is 3.49. The van der Waals surface area contributed by atoms with Crippen molar-refractivity contribution in [3.63, 3.8) is 0 Å². The van der Waals surface area contributed by atoms with Crippen molar-refractivity contribution in [3.05, 3.63) is 59.9 Å². The van der Waals surface area contributed by atoms with Gasteiger partial charge in [-0.05, 0) is 43.7 Å². The Morgan fingerprint density at radius 1 is 1.17 bits per heavy atom. The summed E-state index contributed by atoms with van der Waals surface area (Å²) >= 11 is 0. The van der Waals surface area contributed by atoms with Gasteiger partial charge in [0.2, 0.25) is 11.7 Å². The highest BCUT2D eigenvalue weighted by atomic mass is 16.5. The zero-order chi connectivity index (χ0) is 16.8. The number of nitrogens with zero attached hydrogens (tertiary/aromatic N) is 4. The molecule has 0 aliphatic heterocycles. The van der Waals surface area contributed by atoms with E-state index in [0.717, 1.165) is 17.7 Å². The van der Waals surface area contributed by atoms with Crippen molar-refractivity contribution in [1.82, 2.24) is 25.4 Å². The van der Waals surface area contributed by atoms with Gasteiger partial charge in [0.1, 0.15) is 11.4 Å². The number of rotatable bonds is 4. The van der Waals surface area contributed by atoms with Gasteiger partial charge in [-0.15, -0.1) is 0 Å². The van der Waals surface area contributed by atoms with E-state index in [1.165, 1.54) is 0 Å². The molecule has 3 rings (SSSR count). The maximum atomic E-state index is 5.30. The lowest BCUT2D eigenvalue weighted by molar-refractivity contribution is 0.334. The summed E-state index contributed by atoms with van der Waals surface area (Å²) in [5, 5.41) is 7.13. The number of hydrogen-bond acceptors (Lipinski definition) is 6. The zero-order valence-corrected chi connectivity index (χ0v) is 13.5. The highest BCUT2D eigenvalue weighted by molar-refractivity contribution is 5.50. The van der Waals surface area contributed by atoms with Crippen molar-refractivity contribution < 1.29 is 4.52 Å². The summed E-state index contributed by atoms with van der Waals surface area (Å²) in [4.78, 5) is 12.9. The minimum Gasteiger partial charge on any atom is -0.337 e. The van der Waals surface area contributed by atoms with Crippen LogP contribution >= 0.6 is 0 Å². The van der Waals surface area contributed by atoms with Crippen LogP contribution in [0.5, 0.6) is 0 Å². The summed E-state index contributed by atoms with van der Waals surface area (Å²) in [6.45, 7) is 2.05. The van der Waals surface area contributed by atoms with Crippen LogP contribution < -0.4 is 5.32 Å². The molecular formula is C18H17N5O. The molecule has 1 N–H and O–H groups in total. The molecule has 24 heavy (non-hydrogen) atoms. The first-order chi connectivity index (χ1) is 11.8. The van der Waals surface area contributed by atoms with Crippen molar-refractivity contribution in [2.45, 2.75) is 19.4 Å². The van der Waals surface area contributed by atoms with Gasteiger partial charge < -0.3 is 9.84 Å². The smallest absolute Gasteiger partial charge is 0.244 e. The molecule has 0 spiro atoms. The normalized spacial score (nSPS) is 11.6. The summed E-state index contributed by atoms with van der Waals surface area (Å²) in [7, 11) is 1.87. The van der Waals surface area contributed by atoms with Gasteiger partial charge in [-0.1, -0.05) is 24.1 Å². The second kappa shape index (κ2) is 7.49. The maximum Gasteiger partial charge on any atom is 0.244 e. The molecule has 3 aromatic heterocycles. The zero-order valence-electron chi connectivity index (χ0n) is 13.5. The Morgan fingerprint density at radius 3 is 2.75 bits per heavy atom. The van der Waals surface area contributed by atoms with E-state index in [0.29, 0.717) is 17.4 Å². The molecule has 0 aliphatic carbocycles. The number of pyridine rings is 2. The van der Waals surface area contributed by atoms with Crippen LogP contribution in [0.1, 0.15) is 36.5 Å². The van der Waals surface area contributed by atoms with Crippen LogP contribution in [0.4, 0.5) is 0 Å². The molecule has 0 radical (unpaired) electrons. The predicted octanol–water partition coefficient (Wildman–Crippen LogP) is 2.60. The average molecular weight is 319 g/mol. The van der Waals surface area contributed by atoms with Crippen LogP contribution in [-0.2, 0) is 0 Å². The summed E-state index contributed by atoms with van der Waals surface area (Å²) in [6.07, 6.45) is 4.28. The van der Waals surface area contributed by atoms with Crippen molar-refractivity contribution in [2.75, 3.05) is 7.05 Å². The maximum absolute atomic E-state index is 5.30. The van der Waals surface area contributed by atoms with Crippen LogP contribution in [-0.4, -0.2) is 27.2 Å². The molecule has 0 fully saturated rings. The molecule has 1 unspecified atom stereocenters. The monoisotopic (exact) mass is 319 g/mol. The topological polar surface area (TPSA) is 76.7 Å². The number of aromatic nitrogens is 4. The fraction of sp³-hybridized carbons (Fsp3) is 0.222. The summed E-state index contributed by atoms with van der Waals surface area (Å²) in [5.74, 6) is 7.07. The molecule has 0 aliphatic rings. The predicted molar refractivity (Wildman–Crippen MR) is 89.8 cm³/mol. The first-order valence-corrected chi connectivity index (χ1v) is 7.70. The first-order valence-electron chi connectivity index (χ1n) is 7.70. The quantitative estimate of drug-likeness (QED) is 0.745. The lowest BCUT2D eigenvalue weighted by atomic mass is 10.2. The van der Waals surface area contributed by atoms with E-state index >= 15 is 0 Å². The summed E-state index contributed by atoms with van der Waals surface area (Å²) in [6, 6.07) is 9.39. The molecule has 6 heteroatoms. The molecular weight excluding hydrogens is 302 g/mol. The van der Waals surface area contributed by atoms with Crippen molar-refractivity contribution in [1.29, 1.82) is 0 Å². The van der Waals surface area contributed by atoms with Gasteiger partial charge in [0.25, 0.3) is 0 Å². The standard InChI is InChI=1S/C18H17N5O/c1-3-15(19-2)18-22-17(23-24-18)16-10-8-13(12-21-16)7-9-14-6-4-5-11-20-14/h4-6,8,10-12,15,19H,3H2,1-2H3. The third kappa shape index (κ3) is 3.65.